The molecule has 0 atom stereocenters. The Balaban J connectivity index is 3.30. The molecule has 0 saturated heterocycles. The summed E-state index contributed by atoms with van der Waals surface area (Å²) in [7, 11) is 0.0485. The first-order valence-electron chi connectivity index (χ1n) is 7.20. The molecule has 120 valence electrons. The van der Waals surface area contributed by atoms with E-state index >= 15 is 0 Å². The second-order valence-corrected chi connectivity index (χ2v) is 8.90. The first kappa shape index (κ1) is 18.1. The largest absolute Gasteiger partial charge is 0.316 e. The van der Waals surface area contributed by atoms with E-state index in [4.69, 9.17) is 0 Å². The van der Waals surface area contributed by atoms with E-state index < -0.39 is 10.0 Å². The van der Waals surface area contributed by atoms with Gasteiger partial charge in [-0.25, -0.2) is 12.7 Å². The van der Waals surface area contributed by atoms with Crippen molar-refractivity contribution in [2.24, 2.45) is 5.41 Å². The molecule has 1 rings (SSSR count). The molecule has 1 aromatic carbocycles. The first-order valence-corrected chi connectivity index (χ1v) is 8.64. The molecule has 0 aliphatic heterocycles. The van der Waals surface area contributed by atoms with Crippen molar-refractivity contribution in [3.8, 4) is 0 Å². The summed E-state index contributed by atoms with van der Waals surface area (Å²) in [5.74, 6) is 0. The summed E-state index contributed by atoms with van der Waals surface area (Å²) in [4.78, 5) is 0.416. The van der Waals surface area contributed by atoms with Crippen LogP contribution in [-0.4, -0.2) is 33.4 Å². The highest BCUT2D eigenvalue weighted by atomic mass is 32.2. The fraction of sp³-hybridized carbons (Fsp3) is 0.625. The van der Waals surface area contributed by atoms with Gasteiger partial charge in [-0.1, -0.05) is 26.8 Å². The maximum absolute atomic E-state index is 12.8. The summed E-state index contributed by atoms with van der Waals surface area (Å²) in [6, 6.07) is 3.82. The molecule has 0 aliphatic carbocycles. The Bertz CT molecular complexity index is 601. The lowest BCUT2D eigenvalue weighted by atomic mass is 9.97. The van der Waals surface area contributed by atoms with Gasteiger partial charge in [0, 0.05) is 20.1 Å². The molecule has 0 radical (unpaired) electrons. The van der Waals surface area contributed by atoms with Gasteiger partial charge in [0.1, 0.15) is 0 Å². The lowest BCUT2D eigenvalue weighted by Gasteiger charge is -2.27. The Morgan fingerprint density at radius 2 is 1.76 bits per heavy atom. The van der Waals surface area contributed by atoms with Crippen molar-refractivity contribution in [3.05, 3.63) is 28.8 Å². The van der Waals surface area contributed by atoms with E-state index in [0.717, 1.165) is 16.7 Å². The average Bonchev–Trinajstić information content (AvgIpc) is 2.31. The van der Waals surface area contributed by atoms with Crippen LogP contribution in [0.15, 0.2) is 17.0 Å². The molecule has 0 heterocycles. The Hall–Kier alpha value is -0.910. The van der Waals surface area contributed by atoms with Gasteiger partial charge in [0.05, 0.1) is 4.90 Å². The second kappa shape index (κ2) is 6.46. The molecule has 0 aromatic heterocycles. The third-order valence-electron chi connectivity index (χ3n) is 3.45. The highest BCUT2D eigenvalue weighted by molar-refractivity contribution is 7.89. The van der Waals surface area contributed by atoms with Gasteiger partial charge in [0.25, 0.3) is 0 Å². The van der Waals surface area contributed by atoms with Gasteiger partial charge in [-0.05, 0) is 49.1 Å². The first-order chi connectivity index (χ1) is 9.49. The van der Waals surface area contributed by atoms with Crippen LogP contribution in [0.4, 0.5) is 0 Å². The van der Waals surface area contributed by atoms with Gasteiger partial charge in [-0.2, -0.15) is 0 Å². The minimum absolute atomic E-state index is 0.0760. The van der Waals surface area contributed by atoms with Crippen molar-refractivity contribution in [2.45, 2.75) is 46.1 Å². The molecule has 0 aliphatic rings. The highest BCUT2D eigenvalue weighted by Crippen LogP contribution is 2.26. The number of nitrogens with one attached hydrogen (secondary N) is 1. The van der Waals surface area contributed by atoms with E-state index in [9.17, 15) is 8.42 Å². The average molecular weight is 312 g/mol. The van der Waals surface area contributed by atoms with Crippen LogP contribution in [0.2, 0.25) is 0 Å². The van der Waals surface area contributed by atoms with Crippen molar-refractivity contribution in [3.63, 3.8) is 0 Å². The van der Waals surface area contributed by atoms with Gasteiger partial charge < -0.3 is 5.32 Å². The summed E-state index contributed by atoms with van der Waals surface area (Å²) >= 11 is 0. The van der Waals surface area contributed by atoms with Crippen LogP contribution in [0.1, 0.15) is 37.5 Å². The van der Waals surface area contributed by atoms with Crippen LogP contribution in [0.3, 0.4) is 0 Å². The van der Waals surface area contributed by atoms with Gasteiger partial charge in [-0.3, -0.25) is 0 Å². The Kier molecular flexibility index (Phi) is 5.58. The summed E-state index contributed by atoms with van der Waals surface area (Å²) in [5, 5.41) is 3.07. The summed E-state index contributed by atoms with van der Waals surface area (Å²) in [5.41, 5.74) is 2.75. The molecule has 5 heteroatoms. The van der Waals surface area contributed by atoms with E-state index in [1.807, 2.05) is 47.7 Å². The van der Waals surface area contributed by atoms with Gasteiger partial charge in [0.15, 0.2) is 0 Å². The van der Waals surface area contributed by atoms with Crippen LogP contribution in [0.25, 0.3) is 0 Å². The third-order valence-corrected chi connectivity index (χ3v) is 5.38. The molecule has 0 unspecified atom stereocenters. The molecule has 0 fully saturated rings. The second-order valence-electron chi connectivity index (χ2n) is 6.89. The monoisotopic (exact) mass is 312 g/mol. The number of nitrogens with zero attached hydrogens (tertiary/aromatic N) is 1. The molecule has 0 bridgehead atoms. The predicted octanol–water partition coefficient (Wildman–Crippen LogP) is 2.69. The van der Waals surface area contributed by atoms with E-state index in [1.165, 1.54) is 4.31 Å². The number of rotatable bonds is 5. The maximum atomic E-state index is 12.8. The van der Waals surface area contributed by atoms with Crippen LogP contribution in [0.5, 0.6) is 0 Å². The normalized spacial score (nSPS) is 13.0. The molecule has 0 spiro atoms. The summed E-state index contributed by atoms with van der Waals surface area (Å²) < 4.78 is 27.1. The lowest BCUT2D eigenvalue weighted by molar-refractivity contribution is 0.310. The van der Waals surface area contributed by atoms with Crippen molar-refractivity contribution in [1.29, 1.82) is 0 Å². The maximum Gasteiger partial charge on any atom is 0.243 e. The van der Waals surface area contributed by atoms with Crippen LogP contribution >= 0.6 is 0 Å². The van der Waals surface area contributed by atoms with Crippen molar-refractivity contribution >= 4 is 10.0 Å². The third kappa shape index (κ3) is 4.53. The van der Waals surface area contributed by atoms with E-state index in [2.05, 4.69) is 5.32 Å². The van der Waals surface area contributed by atoms with E-state index in [0.29, 0.717) is 18.0 Å². The number of hydrogen-bond donors (Lipinski definition) is 1. The topological polar surface area (TPSA) is 49.4 Å². The minimum atomic E-state index is -3.46. The zero-order valence-corrected chi connectivity index (χ0v) is 15.1. The summed E-state index contributed by atoms with van der Waals surface area (Å²) in [6.07, 6.45) is 0. The SMILES string of the molecule is CNCc1cc(C)c(C)c(S(=O)(=O)N(C)CC(C)(C)C)c1. The Morgan fingerprint density at radius 3 is 2.24 bits per heavy atom. The minimum Gasteiger partial charge on any atom is -0.316 e. The zero-order chi connectivity index (χ0) is 16.4. The summed E-state index contributed by atoms with van der Waals surface area (Å²) in [6.45, 7) is 11.1. The number of hydrogen-bond acceptors (Lipinski definition) is 3. The fourth-order valence-electron chi connectivity index (χ4n) is 2.39. The van der Waals surface area contributed by atoms with Crippen molar-refractivity contribution in [2.75, 3.05) is 20.6 Å². The quantitative estimate of drug-likeness (QED) is 0.909. The van der Waals surface area contributed by atoms with Crippen molar-refractivity contribution < 1.29 is 8.42 Å². The molecule has 0 amide bonds. The van der Waals surface area contributed by atoms with Crippen molar-refractivity contribution in [1.82, 2.24) is 9.62 Å². The number of aryl methyl sites for hydroxylation is 1. The molecular formula is C16H28N2O2S. The smallest absolute Gasteiger partial charge is 0.243 e. The lowest BCUT2D eigenvalue weighted by Crippen LogP contribution is -2.35. The van der Waals surface area contributed by atoms with E-state index in [-0.39, 0.29) is 5.41 Å². The predicted molar refractivity (Wildman–Crippen MR) is 88.0 cm³/mol. The molecule has 21 heavy (non-hydrogen) atoms. The van der Waals surface area contributed by atoms with Crippen LogP contribution in [-0.2, 0) is 16.6 Å². The molecule has 1 aromatic rings. The van der Waals surface area contributed by atoms with Gasteiger partial charge in [-0.15, -0.1) is 0 Å². The highest BCUT2D eigenvalue weighted by Gasteiger charge is 2.27. The Morgan fingerprint density at radius 1 is 1.19 bits per heavy atom. The van der Waals surface area contributed by atoms with Crippen LogP contribution in [0, 0.1) is 19.3 Å². The zero-order valence-electron chi connectivity index (χ0n) is 14.2. The Labute approximate surface area is 129 Å². The molecular weight excluding hydrogens is 284 g/mol. The number of sulfonamides is 1. The fourth-order valence-corrected chi connectivity index (χ4v) is 4.14. The molecule has 0 saturated carbocycles. The molecule has 4 nitrogen and oxygen atoms in total. The van der Waals surface area contributed by atoms with Crippen LogP contribution < -0.4 is 5.32 Å². The van der Waals surface area contributed by atoms with E-state index in [1.54, 1.807) is 13.1 Å². The van der Waals surface area contributed by atoms with Gasteiger partial charge in [0.2, 0.25) is 10.0 Å². The van der Waals surface area contributed by atoms with Gasteiger partial charge >= 0.3 is 0 Å². The number of benzene rings is 1. The molecule has 1 N–H and O–H groups in total. The standard InChI is InChI=1S/C16H28N2O2S/c1-12-8-14(10-17-6)9-15(13(12)2)21(19,20)18(7)11-16(3,4)5/h8-9,17H,10-11H2,1-7H3.